The minimum absolute atomic E-state index is 0. The van der Waals surface area contributed by atoms with Gasteiger partial charge in [-0.1, -0.05) is 72.2 Å². The van der Waals surface area contributed by atoms with E-state index in [4.69, 9.17) is 33.5 Å². The van der Waals surface area contributed by atoms with Crippen LogP contribution in [0.25, 0.3) is 11.1 Å². The normalized spacial score (nSPS) is 13.0. The number of halogens is 5. The van der Waals surface area contributed by atoms with Crippen molar-refractivity contribution in [2.45, 2.75) is 13.8 Å². The number of aryl methyl sites for hydroxylation is 2. The predicted octanol–water partition coefficient (Wildman–Crippen LogP) is 4.47. The van der Waals surface area contributed by atoms with Gasteiger partial charge in [0.2, 0.25) is 0 Å². The van der Waals surface area contributed by atoms with Crippen LogP contribution in [0, 0.1) is 49.2 Å². The van der Waals surface area contributed by atoms with Crippen molar-refractivity contribution in [2.75, 3.05) is 92.1 Å². The molecular weight excluding hydrogens is 1410 g/mol. The Kier molecular flexibility index (Phi) is 37.0. The van der Waals surface area contributed by atoms with Crippen molar-refractivity contribution in [3.63, 3.8) is 0 Å². The first-order valence-corrected chi connectivity index (χ1v) is 31.2. The summed E-state index contributed by atoms with van der Waals surface area (Å²) in [7, 11) is 0. The van der Waals surface area contributed by atoms with Crippen molar-refractivity contribution >= 4 is 84.3 Å². The van der Waals surface area contributed by atoms with Crippen molar-refractivity contribution < 1.29 is 122 Å². The molecule has 2 N–H and O–H groups in total. The van der Waals surface area contributed by atoms with Gasteiger partial charge in [-0.2, -0.15) is 0 Å². The zero-order valence-electron chi connectivity index (χ0n) is 46.1. The van der Waals surface area contributed by atoms with E-state index in [1.165, 1.54) is 24.3 Å². The second-order valence-electron chi connectivity index (χ2n) is 17.6. The average molecular weight is 1470 g/mol. The van der Waals surface area contributed by atoms with Gasteiger partial charge in [0.1, 0.15) is 54.5 Å². The predicted molar refractivity (Wildman–Crippen MR) is 330 cm³/mol. The summed E-state index contributed by atoms with van der Waals surface area (Å²) in [4.78, 5) is 25.9. The Bertz CT molecular complexity index is 2880. The minimum Gasteiger partial charge on any atom is -0.870 e. The number of carbonyl (C=O) groups is 2. The van der Waals surface area contributed by atoms with E-state index in [1.54, 1.807) is 60.7 Å². The molecule has 2 heterocycles. The van der Waals surface area contributed by atoms with Crippen LogP contribution in [0.3, 0.4) is 0 Å². The van der Waals surface area contributed by atoms with Crippen LogP contribution in [0.4, 0.5) is 8.78 Å². The third-order valence-corrected chi connectivity index (χ3v) is 12.0. The number of morpholine rings is 2. The van der Waals surface area contributed by atoms with Gasteiger partial charge < -0.3 is 48.9 Å². The van der Waals surface area contributed by atoms with E-state index < -0.39 is 25.2 Å². The Labute approximate surface area is 563 Å². The van der Waals surface area contributed by atoms with Crippen molar-refractivity contribution in [1.82, 2.24) is 9.80 Å². The molecule has 82 heavy (non-hydrogen) atoms. The zero-order chi connectivity index (χ0) is 55.5. The molecule has 8 rings (SSSR count). The first-order valence-electron chi connectivity index (χ1n) is 24.9. The van der Waals surface area contributed by atoms with Crippen LogP contribution < -0.4 is 83.2 Å². The van der Waals surface area contributed by atoms with Crippen LogP contribution in [0.2, 0.25) is 0 Å². The van der Waals surface area contributed by atoms with E-state index >= 15 is 0 Å². The molecule has 2 saturated heterocycles. The summed E-state index contributed by atoms with van der Waals surface area (Å²) in [6, 6.07) is 39.1. The Morgan fingerprint density at radius 3 is 1.24 bits per heavy atom. The molecule has 0 radical (unpaired) electrons. The van der Waals surface area contributed by atoms with Gasteiger partial charge >= 0.3 is 65.1 Å². The molecule has 20 heteroatoms. The Morgan fingerprint density at radius 2 is 0.915 bits per heavy atom. The molecule has 0 aliphatic carbocycles. The molecule has 6 aromatic carbocycles. The summed E-state index contributed by atoms with van der Waals surface area (Å²) in [6.45, 7) is 11.3. The Balaban J connectivity index is 0.000000519. The average Bonchev–Trinajstić information content (AvgIpc) is 3.52. The molecular formula is C62H61F2I3N2Na2O11. The molecule has 2 aliphatic heterocycles. The molecule has 13 nitrogen and oxygen atoms in total. The van der Waals surface area contributed by atoms with E-state index in [0.29, 0.717) is 29.5 Å². The van der Waals surface area contributed by atoms with Gasteiger partial charge in [-0.15, -0.1) is 24.0 Å². The second kappa shape index (κ2) is 41.0. The van der Waals surface area contributed by atoms with E-state index in [-0.39, 0.29) is 113 Å². The number of benzene rings is 6. The summed E-state index contributed by atoms with van der Waals surface area (Å²) in [6.07, 6.45) is 3.90. The van der Waals surface area contributed by atoms with E-state index in [0.717, 1.165) is 115 Å². The summed E-state index contributed by atoms with van der Waals surface area (Å²) < 4.78 is 60.3. The van der Waals surface area contributed by atoms with E-state index in [1.807, 2.05) is 74.5 Å². The van der Waals surface area contributed by atoms with E-state index in [2.05, 4.69) is 70.7 Å². The van der Waals surface area contributed by atoms with Crippen molar-refractivity contribution in [3.05, 3.63) is 202 Å². The van der Waals surface area contributed by atoms with E-state index in [9.17, 15) is 23.5 Å². The van der Waals surface area contributed by atoms with Crippen molar-refractivity contribution in [2.24, 2.45) is 0 Å². The minimum atomic E-state index is -1.28. The van der Waals surface area contributed by atoms with Gasteiger partial charge in [0.25, 0.3) is 0 Å². The number of nitrogens with zero attached hydrogens (tertiary/aromatic N) is 2. The third kappa shape index (κ3) is 26.0. The largest absolute Gasteiger partial charge is 1.00 e. The smallest absolute Gasteiger partial charge is 0.870 e. The molecule has 6 aromatic rings. The zero-order valence-corrected chi connectivity index (χ0v) is 56.8. The molecule has 0 bridgehead atoms. The number of hydrogen-bond acceptors (Lipinski definition) is 12. The summed E-state index contributed by atoms with van der Waals surface area (Å²) in [5.41, 5.74) is 8.85. The third-order valence-electron chi connectivity index (χ3n) is 12.0. The maximum atomic E-state index is 13.6. The number of rotatable bonds is 18. The fourth-order valence-electron chi connectivity index (χ4n) is 8.02. The fraction of sp³-hybridized carbons (Fsp3) is 0.258. The molecule has 0 aromatic heterocycles. The van der Waals surface area contributed by atoms with Crippen LogP contribution in [-0.2, 0) is 19.1 Å². The summed E-state index contributed by atoms with van der Waals surface area (Å²) in [5.74, 6) is 12.2. The number of carbonyl (C=O) groups excluding carboxylic acids is 1. The SMILES string of the molecule is Cc1cc(OC/C=C(/c2ccc(F)cc2)c2ccc(C#CCN3CCOCC3)cc2)ccc1OCC(=O)O.Cc1cc(OC/C=C(/c2ccc(F)cc2)c2ccc(C#CCN3CCOCC3)cc2)ccc1OCC(=O)[O-].I.II.[Na+].[Na+].[OH-]. The maximum Gasteiger partial charge on any atom is 1.00 e. The topological polar surface area (TPSA) is 169 Å². The first-order chi connectivity index (χ1) is 37.9. The van der Waals surface area contributed by atoms with Gasteiger partial charge in [-0.05, 0) is 155 Å². The quantitative estimate of drug-likeness (QED) is 0.0728. The molecule has 0 saturated carbocycles. The Morgan fingerprint density at radius 1 is 0.573 bits per heavy atom. The second-order valence-corrected chi connectivity index (χ2v) is 17.6. The first kappa shape index (κ1) is 74.0. The summed E-state index contributed by atoms with van der Waals surface area (Å²) in [5, 5.41) is 19.4. The van der Waals surface area contributed by atoms with Crippen LogP contribution in [0.15, 0.2) is 146 Å². The summed E-state index contributed by atoms with van der Waals surface area (Å²) >= 11 is 4.24. The number of carboxylic acids is 2. The fourth-order valence-corrected chi connectivity index (χ4v) is 8.02. The van der Waals surface area contributed by atoms with Crippen LogP contribution in [-0.4, -0.2) is 124 Å². The molecule has 0 atom stereocenters. The van der Waals surface area contributed by atoms with Gasteiger partial charge in [-0.25, -0.2) is 13.6 Å². The van der Waals surface area contributed by atoms with Gasteiger partial charge in [0, 0.05) is 74.5 Å². The number of carboxylic acid groups (broad SMARTS) is 2. The molecule has 0 amide bonds. The molecule has 422 valence electrons. The number of ether oxygens (including phenoxy) is 6. The molecule has 0 unspecified atom stereocenters. The van der Waals surface area contributed by atoms with Crippen LogP contribution in [0.5, 0.6) is 23.0 Å². The van der Waals surface area contributed by atoms with Gasteiger partial charge in [0.15, 0.2) is 6.61 Å². The standard InChI is InChI=1S/2C31H30FNO5.I2.HI.2Na.H2O/c2*1-23-21-28(12-13-30(23)38-22-31(34)35)37-18-14-29(26-8-10-27(32)11-9-26)25-6-4-24(5-7-25)3-2-15-33-16-19-36-20-17-33;1-2;;;;/h2*4-14,21H,15-20,22H2,1H3,(H,34,35);;1H;;;1H2/q;;;;2*+1;/p-2/b2*29-14+;;;;;. The van der Waals surface area contributed by atoms with Crippen LogP contribution in [0.1, 0.15) is 44.5 Å². The monoisotopic (exact) mass is 1470 g/mol. The van der Waals surface area contributed by atoms with Crippen molar-refractivity contribution in [1.29, 1.82) is 0 Å². The van der Waals surface area contributed by atoms with Crippen molar-refractivity contribution in [3.8, 4) is 46.7 Å². The number of aliphatic carboxylic acids is 2. The number of hydrogen-bond donors (Lipinski definition) is 1. The van der Waals surface area contributed by atoms with Gasteiger partial charge in [-0.3, -0.25) is 9.80 Å². The van der Waals surface area contributed by atoms with Crippen LogP contribution >= 0.6 is 61.2 Å². The Hall–Kier alpha value is -4.09. The molecule has 2 aliphatic rings. The molecule has 0 spiro atoms. The maximum absolute atomic E-state index is 13.6. The van der Waals surface area contributed by atoms with Gasteiger partial charge in [0.05, 0.1) is 45.5 Å². The molecule has 2 fully saturated rings.